The predicted molar refractivity (Wildman–Crippen MR) is 56.5 cm³/mol. The van der Waals surface area contributed by atoms with Crippen molar-refractivity contribution in [2.45, 2.75) is 12.4 Å². The highest BCUT2D eigenvalue weighted by molar-refractivity contribution is 7.88. The van der Waals surface area contributed by atoms with Crippen molar-refractivity contribution in [3.63, 3.8) is 0 Å². The molecule has 1 aromatic rings. The zero-order chi connectivity index (χ0) is 14.1. The van der Waals surface area contributed by atoms with Crippen molar-refractivity contribution in [1.29, 1.82) is 0 Å². The summed E-state index contributed by atoms with van der Waals surface area (Å²) in [4.78, 5) is 11.1. The van der Waals surface area contributed by atoms with Crippen LogP contribution in [0, 0.1) is 0 Å². The van der Waals surface area contributed by atoms with Crippen LogP contribution in [0.3, 0.4) is 0 Å². The Bertz CT molecular complexity index is 580. The molecule has 1 aromatic carbocycles. The number of carbonyl (C=O) groups is 1. The zero-order valence-corrected chi connectivity index (χ0v) is 9.80. The van der Waals surface area contributed by atoms with Gasteiger partial charge < -0.3 is 9.92 Å². The van der Waals surface area contributed by atoms with Gasteiger partial charge in [-0.1, -0.05) is 0 Å². The van der Waals surface area contributed by atoms with Crippen molar-refractivity contribution in [3.05, 3.63) is 23.8 Å². The molecule has 9 heteroatoms. The lowest BCUT2D eigenvalue weighted by molar-refractivity contribution is -0.0500. The van der Waals surface area contributed by atoms with Crippen LogP contribution in [0.1, 0.15) is 17.3 Å². The molecule has 100 valence electrons. The summed E-state index contributed by atoms with van der Waals surface area (Å²) in [5.41, 5.74) is -0.482. The molecule has 0 aliphatic rings. The van der Waals surface area contributed by atoms with Crippen LogP contribution >= 0.6 is 0 Å². The fourth-order valence-electron chi connectivity index (χ4n) is 1.06. The van der Waals surface area contributed by atoms with E-state index in [-0.39, 0.29) is 11.3 Å². The van der Waals surface area contributed by atoms with E-state index in [4.69, 9.17) is 5.73 Å². The summed E-state index contributed by atoms with van der Waals surface area (Å²) in [6, 6.07) is 3.03. The van der Waals surface area contributed by atoms with E-state index in [0.717, 1.165) is 25.1 Å². The fourth-order valence-corrected chi connectivity index (χ4v) is 1.54. The smallest absolute Gasteiger partial charge is 0.399 e. The summed E-state index contributed by atoms with van der Waals surface area (Å²) < 4.78 is 61.8. The van der Waals surface area contributed by atoms with E-state index < -0.39 is 27.2 Å². The number of alkyl halides is 3. The minimum atomic E-state index is -5.81. The number of anilines is 1. The van der Waals surface area contributed by atoms with Gasteiger partial charge in [0, 0.05) is 5.69 Å². The lowest BCUT2D eigenvalue weighted by atomic mass is 10.1. The summed E-state index contributed by atoms with van der Waals surface area (Å²) in [5.74, 6) is -1.39. The SMILES string of the molecule is CC(=O)c1cc(N)ccc1OS(=O)(=O)C(F)(F)F. The van der Waals surface area contributed by atoms with E-state index in [1.165, 1.54) is 0 Å². The number of nitrogens with two attached hydrogens (primary N) is 1. The summed E-state index contributed by atoms with van der Waals surface area (Å²) >= 11 is 0. The van der Waals surface area contributed by atoms with Gasteiger partial charge in [-0.05, 0) is 25.1 Å². The number of halogens is 3. The third kappa shape index (κ3) is 2.92. The number of nitrogen functional groups attached to an aromatic ring is 1. The van der Waals surface area contributed by atoms with Gasteiger partial charge in [0.2, 0.25) is 0 Å². The summed E-state index contributed by atoms with van der Waals surface area (Å²) in [7, 11) is -5.81. The number of carbonyl (C=O) groups excluding carboxylic acids is 1. The first-order chi connectivity index (χ1) is 8.04. The van der Waals surface area contributed by atoms with Gasteiger partial charge in [0.15, 0.2) is 11.5 Å². The fraction of sp³-hybridized carbons (Fsp3) is 0.222. The molecule has 0 atom stereocenters. The summed E-state index contributed by atoms with van der Waals surface area (Å²) in [6.45, 7) is 1.04. The van der Waals surface area contributed by atoms with Crippen LogP contribution in [0.25, 0.3) is 0 Å². The second kappa shape index (κ2) is 4.48. The minimum Gasteiger partial charge on any atom is -0.399 e. The molecule has 1 rings (SSSR count). The molecule has 0 radical (unpaired) electrons. The van der Waals surface area contributed by atoms with Gasteiger partial charge in [-0.2, -0.15) is 21.6 Å². The molecule has 0 bridgehead atoms. The maximum atomic E-state index is 12.1. The van der Waals surface area contributed by atoms with Gasteiger partial charge in [-0.15, -0.1) is 0 Å². The lowest BCUT2D eigenvalue weighted by Gasteiger charge is -2.12. The second-order valence-corrected chi connectivity index (χ2v) is 4.83. The number of Topliss-reactive ketones (excluding diaryl/α,β-unsaturated/α-hetero) is 1. The molecule has 0 amide bonds. The Morgan fingerprint density at radius 1 is 1.33 bits per heavy atom. The number of ketones is 1. The van der Waals surface area contributed by atoms with Crippen LogP contribution in [-0.2, 0) is 10.1 Å². The molecule has 0 saturated heterocycles. The van der Waals surface area contributed by atoms with Gasteiger partial charge >= 0.3 is 15.6 Å². The standard InChI is InChI=1S/C9H8F3NO4S/c1-5(14)7-4-6(13)2-3-8(7)17-18(15,16)9(10,11)12/h2-4H,13H2,1H3. The van der Waals surface area contributed by atoms with Crippen molar-refractivity contribution < 1.29 is 30.6 Å². The quantitative estimate of drug-likeness (QED) is 0.395. The molecule has 18 heavy (non-hydrogen) atoms. The van der Waals surface area contributed by atoms with Gasteiger partial charge in [-0.3, -0.25) is 4.79 Å². The Morgan fingerprint density at radius 3 is 2.33 bits per heavy atom. The molecule has 0 fully saturated rings. The average molecular weight is 283 g/mol. The van der Waals surface area contributed by atoms with E-state index in [1.54, 1.807) is 0 Å². The molecular weight excluding hydrogens is 275 g/mol. The highest BCUT2D eigenvalue weighted by Crippen LogP contribution is 2.30. The first kappa shape index (κ1) is 14.3. The van der Waals surface area contributed by atoms with E-state index in [0.29, 0.717) is 0 Å². The van der Waals surface area contributed by atoms with Gasteiger partial charge in [0.05, 0.1) is 5.56 Å². The molecule has 0 aromatic heterocycles. The minimum absolute atomic E-state index is 0.0944. The molecular formula is C9H8F3NO4S. The summed E-state index contributed by atoms with van der Waals surface area (Å²) in [5, 5.41) is 0. The molecule has 2 N–H and O–H groups in total. The Balaban J connectivity index is 3.25. The topological polar surface area (TPSA) is 86.5 Å². The average Bonchev–Trinajstić information content (AvgIpc) is 2.18. The first-order valence-corrected chi connectivity index (χ1v) is 5.86. The monoisotopic (exact) mass is 283 g/mol. The van der Waals surface area contributed by atoms with Crippen LogP contribution < -0.4 is 9.92 Å². The van der Waals surface area contributed by atoms with Crippen LogP contribution in [0.2, 0.25) is 0 Å². The molecule has 0 aliphatic heterocycles. The van der Waals surface area contributed by atoms with E-state index in [2.05, 4.69) is 4.18 Å². The molecule has 0 aliphatic carbocycles. The van der Waals surface area contributed by atoms with Crippen LogP contribution in [0.5, 0.6) is 5.75 Å². The molecule has 5 nitrogen and oxygen atoms in total. The number of benzene rings is 1. The van der Waals surface area contributed by atoms with Crippen molar-refractivity contribution >= 4 is 21.6 Å². The van der Waals surface area contributed by atoms with E-state index >= 15 is 0 Å². The van der Waals surface area contributed by atoms with Crippen molar-refractivity contribution in [2.75, 3.05) is 5.73 Å². The number of hydrogen-bond donors (Lipinski definition) is 1. The Hall–Kier alpha value is -1.77. The highest BCUT2D eigenvalue weighted by atomic mass is 32.2. The molecule has 0 spiro atoms. The third-order valence-electron chi connectivity index (χ3n) is 1.87. The van der Waals surface area contributed by atoms with Crippen LogP contribution in [0.15, 0.2) is 18.2 Å². The molecule has 0 heterocycles. The normalized spacial score (nSPS) is 12.2. The van der Waals surface area contributed by atoms with Crippen molar-refractivity contribution in [1.82, 2.24) is 0 Å². The van der Waals surface area contributed by atoms with E-state index in [9.17, 15) is 26.4 Å². The third-order valence-corrected chi connectivity index (χ3v) is 2.83. The van der Waals surface area contributed by atoms with Crippen molar-refractivity contribution in [3.8, 4) is 5.75 Å². The number of rotatable bonds is 3. The number of hydrogen-bond acceptors (Lipinski definition) is 5. The molecule has 0 unspecified atom stereocenters. The van der Waals surface area contributed by atoms with Crippen LogP contribution in [-0.4, -0.2) is 19.7 Å². The first-order valence-electron chi connectivity index (χ1n) is 4.46. The van der Waals surface area contributed by atoms with E-state index in [1.807, 2.05) is 0 Å². The van der Waals surface area contributed by atoms with Crippen LogP contribution in [0.4, 0.5) is 18.9 Å². The highest BCUT2D eigenvalue weighted by Gasteiger charge is 2.48. The Kier molecular flexibility index (Phi) is 3.56. The Labute approximate surface area is 100 Å². The zero-order valence-electron chi connectivity index (χ0n) is 8.98. The van der Waals surface area contributed by atoms with Gasteiger partial charge in [0.1, 0.15) is 0 Å². The maximum Gasteiger partial charge on any atom is 0.534 e. The van der Waals surface area contributed by atoms with Gasteiger partial charge in [0.25, 0.3) is 0 Å². The molecule has 0 saturated carbocycles. The summed E-state index contributed by atoms with van der Waals surface area (Å²) in [6.07, 6.45) is 0. The van der Waals surface area contributed by atoms with Crippen molar-refractivity contribution in [2.24, 2.45) is 0 Å². The maximum absolute atomic E-state index is 12.1. The Morgan fingerprint density at radius 2 is 1.89 bits per heavy atom. The largest absolute Gasteiger partial charge is 0.534 e. The predicted octanol–water partition coefficient (Wildman–Crippen LogP) is 1.70. The lowest BCUT2D eigenvalue weighted by Crippen LogP contribution is -2.28. The second-order valence-electron chi connectivity index (χ2n) is 3.29. The van der Waals surface area contributed by atoms with Gasteiger partial charge in [-0.25, -0.2) is 0 Å².